The van der Waals surface area contributed by atoms with E-state index in [0.29, 0.717) is 17.2 Å². The maximum Gasteiger partial charge on any atom is 0.261 e. The van der Waals surface area contributed by atoms with Crippen LogP contribution in [0, 0.1) is 0 Å². The van der Waals surface area contributed by atoms with E-state index in [1.54, 1.807) is 39.3 Å². The van der Waals surface area contributed by atoms with Gasteiger partial charge in [0.1, 0.15) is 23.3 Å². The number of carbonyl (C=O) groups excluding carboxylic acids is 2. The maximum absolute atomic E-state index is 13.1. The van der Waals surface area contributed by atoms with Gasteiger partial charge in [0.05, 0.1) is 14.2 Å². The minimum atomic E-state index is -0.663. The molecule has 0 aliphatic heterocycles. The Bertz CT molecular complexity index is 882. The monoisotopic (exact) mass is 506 g/mol. The molecule has 0 aliphatic rings. The summed E-state index contributed by atoms with van der Waals surface area (Å²) in [5.41, 5.74) is 0.910. The average Bonchev–Trinajstić information content (AvgIpc) is 2.81. The van der Waals surface area contributed by atoms with Gasteiger partial charge in [-0.05, 0) is 38.0 Å². The molecule has 2 rings (SSSR count). The molecule has 0 unspecified atom stereocenters. The molecule has 174 valence electrons. The fraction of sp³-hybridized carbons (Fsp3) is 0.417. The molecule has 1 N–H and O–H groups in total. The molecule has 8 heteroatoms. The van der Waals surface area contributed by atoms with Gasteiger partial charge in [0.15, 0.2) is 6.61 Å². The molecule has 2 aromatic carbocycles. The van der Waals surface area contributed by atoms with Gasteiger partial charge in [-0.2, -0.15) is 0 Å². The van der Waals surface area contributed by atoms with Gasteiger partial charge in [-0.3, -0.25) is 9.59 Å². The first-order chi connectivity index (χ1) is 15.3. The van der Waals surface area contributed by atoms with Crippen molar-refractivity contribution in [2.75, 3.05) is 20.8 Å². The van der Waals surface area contributed by atoms with Gasteiger partial charge in [0.25, 0.3) is 5.91 Å². The highest BCUT2D eigenvalue weighted by Gasteiger charge is 2.27. The van der Waals surface area contributed by atoms with Crippen LogP contribution in [-0.2, 0) is 16.1 Å². The second-order valence-electron chi connectivity index (χ2n) is 7.48. The first kappa shape index (κ1) is 25.5. The third-order valence-electron chi connectivity index (χ3n) is 5.12. The van der Waals surface area contributed by atoms with Crippen LogP contribution in [-0.4, -0.2) is 49.6 Å². The summed E-state index contributed by atoms with van der Waals surface area (Å²) < 4.78 is 17.2. The zero-order chi connectivity index (χ0) is 23.7. The minimum absolute atomic E-state index is 0.0232. The summed E-state index contributed by atoms with van der Waals surface area (Å²) in [4.78, 5) is 27.4. The predicted octanol–water partition coefficient (Wildman–Crippen LogP) is 4.18. The summed E-state index contributed by atoms with van der Waals surface area (Å²) >= 11 is 3.42. The average molecular weight is 507 g/mol. The second kappa shape index (κ2) is 12.3. The molecule has 2 aromatic rings. The van der Waals surface area contributed by atoms with Crippen molar-refractivity contribution in [1.82, 2.24) is 10.2 Å². The number of ether oxygens (including phenoxy) is 3. The van der Waals surface area contributed by atoms with E-state index < -0.39 is 6.04 Å². The van der Waals surface area contributed by atoms with Crippen LogP contribution in [0.5, 0.6) is 17.2 Å². The summed E-state index contributed by atoms with van der Waals surface area (Å²) in [7, 11) is 3.09. The predicted molar refractivity (Wildman–Crippen MR) is 127 cm³/mol. The van der Waals surface area contributed by atoms with Crippen LogP contribution in [0.1, 0.15) is 32.8 Å². The fourth-order valence-corrected chi connectivity index (χ4v) is 3.19. The first-order valence-electron chi connectivity index (χ1n) is 10.5. The Kier molecular flexibility index (Phi) is 9.84. The Balaban J connectivity index is 2.18. The van der Waals surface area contributed by atoms with E-state index in [0.717, 1.165) is 16.5 Å². The molecule has 0 fully saturated rings. The van der Waals surface area contributed by atoms with Gasteiger partial charge in [0.2, 0.25) is 5.91 Å². The topological polar surface area (TPSA) is 77.1 Å². The normalized spacial score (nSPS) is 12.4. The molecule has 0 saturated heterocycles. The molecule has 0 saturated carbocycles. The molecule has 7 nitrogen and oxygen atoms in total. The number of benzene rings is 2. The molecule has 2 atom stereocenters. The molecule has 0 heterocycles. The summed E-state index contributed by atoms with van der Waals surface area (Å²) in [5, 5.41) is 2.95. The maximum atomic E-state index is 13.1. The molecule has 0 bridgehead atoms. The summed E-state index contributed by atoms with van der Waals surface area (Å²) in [6.45, 7) is 5.71. The van der Waals surface area contributed by atoms with E-state index in [4.69, 9.17) is 14.2 Å². The number of halogens is 1. The number of carbonyl (C=O) groups is 2. The van der Waals surface area contributed by atoms with Crippen LogP contribution in [0.15, 0.2) is 46.9 Å². The van der Waals surface area contributed by atoms with Crippen molar-refractivity contribution in [3.05, 3.63) is 52.5 Å². The Hall–Kier alpha value is -2.74. The van der Waals surface area contributed by atoms with Gasteiger partial charge >= 0.3 is 0 Å². The number of nitrogens with zero attached hydrogens (tertiary/aromatic N) is 1. The van der Waals surface area contributed by atoms with E-state index in [2.05, 4.69) is 21.2 Å². The molecular weight excluding hydrogens is 476 g/mol. The number of methoxy groups -OCH3 is 2. The van der Waals surface area contributed by atoms with Crippen molar-refractivity contribution in [3.8, 4) is 17.2 Å². The summed E-state index contributed by atoms with van der Waals surface area (Å²) in [6, 6.07) is 12.1. The molecule has 2 amide bonds. The van der Waals surface area contributed by atoms with Crippen LogP contribution in [0.3, 0.4) is 0 Å². The Morgan fingerprint density at radius 2 is 1.56 bits per heavy atom. The lowest BCUT2D eigenvalue weighted by Gasteiger charge is -2.29. The Morgan fingerprint density at radius 1 is 1.00 bits per heavy atom. The molecule has 32 heavy (non-hydrogen) atoms. The van der Waals surface area contributed by atoms with Crippen molar-refractivity contribution >= 4 is 27.7 Å². The summed E-state index contributed by atoms with van der Waals surface area (Å²) in [6.07, 6.45) is 0.805. The van der Waals surface area contributed by atoms with E-state index in [9.17, 15) is 9.59 Å². The lowest BCUT2D eigenvalue weighted by Crippen LogP contribution is -2.50. The Labute approximate surface area is 198 Å². The van der Waals surface area contributed by atoms with E-state index in [-0.39, 0.29) is 31.0 Å². The van der Waals surface area contributed by atoms with Crippen LogP contribution in [0.25, 0.3) is 0 Å². The van der Waals surface area contributed by atoms with Crippen molar-refractivity contribution in [1.29, 1.82) is 0 Å². The lowest BCUT2D eigenvalue weighted by atomic mass is 10.1. The third kappa shape index (κ3) is 7.44. The van der Waals surface area contributed by atoms with Crippen LogP contribution < -0.4 is 19.5 Å². The molecule has 0 spiro atoms. The van der Waals surface area contributed by atoms with Crippen molar-refractivity contribution in [3.63, 3.8) is 0 Å². The van der Waals surface area contributed by atoms with Crippen molar-refractivity contribution in [2.45, 2.75) is 45.8 Å². The number of hydrogen-bond donors (Lipinski definition) is 1. The van der Waals surface area contributed by atoms with Crippen LogP contribution in [0.4, 0.5) is 0 Å². The SMILES string of the molecule is CC[C@@H](C)NC(=O)[C@H](C)N(Cc1ccc(Br)cc1)C(=O)COc1cc(OC)cc(OC)c1. The quantitative estimate of drug-likeness (QED) is 0.494. The smallest absolute Gasteiger partial charge is 0.261 e. The molecule has 0 aromatic heterocycles. The first-order valence-corrected chi connectivity index (χ1v) is 11.3. The number of rotatable bonds is 11. The minimum Gasteiger partial charge on any atom is -0.496 e. The van der Waals surface area contributed by atoms with Gasteiger partial charge in [0, 0.05) is 35.3 Å². The second-order valence-corrected chi connectivity index (χ2v) is 8.39. The fourth-order valence-electron chi connectivity index (χ4n) is 2.93. The highest BCUT2D eigenvalue weighted by atomic mass is 79.9. The molecule has 0 radical (unpaired) electrons. The van der Waals surface area contributed by atoms with Crippen molar-refractivity contribution < 1.29 is 23.8 Å². The standard InChI is InChI=1S/C24H31BrN2O5/c1-6-16(2)26-24(29)17(3)27(14-18-7-9-19(25)10-8-18)23(28)15-32-22-12-20(30-4)11-21(13-22)31-5/h7-13,16-17H,6,14-15H2,1-5H3,(H,26,29)/t16-,17+/m1/s1. The number of amides is 2. The molecular formula is C24H31BrN2O5. The van der Waals surface area contributed by atoms with Gasteiger partial charge < -0.3 is 24.4 Å². The number of nitrogens with one attached hydrogen (secondary N) is 1. The zero-order valence-corrected chi connectivity index (χ0v) is 20.8. The van der Waals surface area contributed by atoms with Gasteiger partial charge in [-0.15, -0.1) is 0 Å². The lowest BCUT2D eigenvalue weighted by molar-refractivity contribution is -0.142. The van der Waals surface area contributed by atoms with E-state index in [1.807, 2.05) is 38.1 Å². The largest absolute Gasteiger partial charge is 0.496 e. The third-order valence-corrected chi connectivity index (χ3v) is 5.65. The van der Waals surface area contributed by atoms with E-state index >= 15 is 0 Å². The van der Waals surface area contributed by atoms with Gasteiger partial charge in [-0.1, -0.05) is 35.0 Å². The highest BCUT2D eigenvalue weighted by Crippen LogP contribution is 2.27. The number of hydrogen-bond acceptors (Lipinski definition) is 5. The van der Waals surface area contributed by atoms with E-state index in [1.165, 1.54) is 4.90 Å². The summed E-state index contributed by atoms with van der Waals surface area (Å²) in [5.74, 6) is 1.05. The van der Waals surface area contributed by atoms with Gasteiger partial charge in [-0.25, -0.2) is 0 Å². The van der Waals surface area contributed by atoms with Crippen LogP contribution >= 0.6 is 15.9 Å². The van der Waals surface area contributed by atoms with Crippen LogP contribution in [0.2, 0.25) is 0 Å². The highest BCUT2D eigenvalue weighted by molar-refractivity contribution is 9.10. The Morgan fingerprint density at radius 3 is 2.09 bits per heavy atom. The zero-order valence-electron chi connectivity index (χ0n) is 19.2. The van der Waals surface area contributed by atoms with Crippen molar-refractivity contribution in [2.24, 2.45) is 0 Å². The molecule has 0 aliphatic carbocycles.